The minimum absolute atomic E-state index is 0.0491. The van der Waals surface area contributed by atoms with Gasteiger partial charge in [0.15, 0.2) is 0 Å². The number of amides is 2. The number of nitrogens with zero attached hydrogens (tertiary/aromatic N) is 1. The first kappa shape index (κ1) is 12.9. The molecule has 4 heteroatoms. The van der Waals surface area contributed by atoms with Crippen LogP contribution in [0, 0.1) is 5.92 Å². The zero-order chi connectivity index (χ0) is 13.5. The highest BCUT2D eigenvalue weighted by molar-refractivity contribution is 5.94. The van der Waals surface area contributed by atoms with Crippen molar-refractivity contribution in [2.45, 2.75) is 69.9 Å². The van der Waals surface area contributed by atoms with Crippen LogP contribution in [0.5, 0.6) is 0 Å². The summed E-state index contributed by atoms with van der Waals surface area (Å²) in [6, 6.07) is 0.0491. The van der Waals surface area contributed by atoms with Crippen molar-refractivity contribution in [3.8, 4) is 0 Å². The zero-order valence-electron chi connectivity index (χ0n) is 11.8. The molecule has 1 saturated heterocycles. The fraction of sp³-hybridized carbons (Fsp3) is 0.867. The van der Waals surface area contributed by atoms with Crippen LogP contribution in [-0.2, 0) is 9.59 Å². The third kappa shape index (κ3) is 2.26. The van der Waals surface area contributed by atoms with Gasteiger partial charge in [-0.1, -0.05) is 19.3 Å². The van der Waals surface area contributed by atoms with Gasteiger partial charge < -0.3 is 10.2 Å². The van der Waals surface area contributed by atoms with Gasteiger partial charge in [0.05, 0.1) is 0 Å². The second-order valence-electron chi connectivity index (χ2n) is 6.64. The lowest BCUT2D eigenvalue weighted by Gasteiger charge is -2.38. The zero-order valence-corrected chi connectivity index (χ0v) is 11.8. The summed E-state index contributed by atoms with van der Waals surface area (Å²) in [5, 5.41) is 3.04. The molecule has 1 spiro atoms. The molecule has 3 fully saturated rings. The Labute approximate surface area is 114 Å². The Hall–Kier alpha value is -1.06. The molecule has 0 aromatic carbocycles. The maximum atomic E-state index is 12.9. The molecule has 0 aromatic rings. The van der Waals surface area contributed by atoms with Crippen LogP contribution in [0.4, 0.5) is 0 Å². The molecule has 19 heavy (non-hydrogen) atoms. The fourth-order valence-electron chi connectivity index (χ4n) is 3.76. The lowest BCUT2D eigenvalue weighted by molar-refractivity contribution is -0.141. The summed E-state index contributed by atoms with van der Waals surface area (Å²) in [6.07, 6.45) is 7.99. The maximum absolute atomic E-state index is 12.9. The number of carbonyl (C=O) groups excluding carboxylic acids is 2. The van der Waals surface area contributed by atoms with Crippen LogP contribution >= 0.6 is 0 Å². The number of nitrogens with one attached hydrogen (secondary N) is 1. The predicted octanol–water partition coefficient (Wildman–Crippen LogP) is 1.84. The highest BCUT2D eigenvalue weighted by atomic mass is 16.2. The van der Waals surface area contributed by atoms with E-state index in [1.54, 1.807) is 0 Å². The van der Waals surface area contributed by atoms with Crippen LogP contribution in [0.3, 0.4) is 0 Å². The van der Waals surface area contributed by atoms with Crippen molar-refractivity contribution in [3.05, 3.63) is 0 Å². The summed E-state index contributed by atoms with van der Waals surface area (Å²) in [5.41, 5.74) is -0.564. The minimum atomic E-state index is -0.564. The monoisotopic (exact) mass is 264 g/mol. The van der Waals surface area contributed by atoms with Crippen LogP contribution in [0.1, 0.15) is 58.3 Å². The number of rotatable bonds is 2. The van der Waals surface area contributed by atoms with Gasteiger partial charge in [0.25, 0.3) is 0 Å². The Bertz CT molecular complexity index is 384. The van der Waals surface area contributed by atoms with E-state index in [-0.39, 0.29) is 17.9 Å². The van der Waals surface area contributed by atoms with Gasteiger partial charge in [-0.25, -0.2) is 0 Å². The molecule has 0 radical (unpaired) electrons. The summed E-state index contributed by atoms with van der Waals surface area (Å²) in [7, 11) is 0. The molecule has 0 aromatic heterocycles. The Morgan fingerprint density at radius 3 is 2.47 bits per heavy atom. The Morgan fingerprint density at radius 1 is 1.21 bits per heavy atom. The molecule has 1 N–H and O–H groups in total. The van der Waals surface area contributed by atoms with Crippen molar-refractivity contribution in [1.82, 2.24) is 10.2 Å². The van der Waals surface area contributed by atoms with Crippen molar-refractivity contribution in [2.75, 3.05) is 6.54 Å². The van der Waals surface area contributed by atoms with Gasteiger partial charge in [0, 0.05) is 19.0 Å². The van der Waals surface area contributed by atoms with Crippen LogP contribution in [-0.4, -0.2) is 34.8 Å². The summed E-state index contributed by atoms with van der Waals surface area (Å²) < 4.78 is 0. The van der Waals surface area contributed by atoms with Gasteiger partial charge in [-0.3, -0.25) is 9.59 Å². The van der Waals surface area contributed by atoms with Crippen molar-refractivity contribution in [2.24, 2.45) is 5.92 Å². The van der Waals surface area contributed by atoms with Gasteiger partial charge in [0.2, 0.25) is 11.8 Å². The first-order chi connectivity index (χ1) is 9.11. The number of hydrogen-bond acceptors (Lipinski definition) is 2. The van der Waals surface area contributed by atoms with Gasteiger partial charge in [0.1, 0.15) is 5.54 Å². The SMILES string of the molecule is CC1CC(=O)NC2(CCCC2)C(=O)N1CC1CCC1. The molecule has 2 saturated carbocycles. The lowest BCUT2D eigenvalue weighted by Crippen LogP contribution is -2.57. The molecule has 106 valence electrons. The summed E-state index contributed by atoms with van der Waals surface area (Å²) in [6.45, 7) is 2.88. The second kappa shape index (κ2) is 4.80. The summed E-state index contributed by atoms with van der Waals surface area (Å²) in [5.74, 6) is 0.909. The molecule has 2 aliphatic carbocycles. The summed E-state index contributed by atoms with van der Waals surface area (Å²) >= 11 is 0. The third-order valence-electron chi connectivity index (χ3n) is 5.20. The molecule has 1 heterocycles. The molecule has 3 rings (SSSR count). The maximum Gasteiger partial charge on any atom is 0.248 e. The first-order valence-corrected chi connectivity index (χ1v) is 7.73. The summed E-state index contributed by atoms with van der Waals surface area (Å²) in [4.78, 5) is 26.9. The van der Waals surface area contributed by atoms with Crippen molar-refractivity contribution < 1.29 is 9.59 Å². The standard InChI is InChI=1S/C15H24N2O2/c1-11-9-13(18)16-15(7-2-3-8-15)14(19)17(11)10-12-5-4-6-12/h11-12H,2-10H2,1H3,(H,16,18). The van der Waals surface area contributed by atoms with E-state index in [9.17, 15) is 9.59 Å². The van der Waals surface area contributed by atoms with E-state index in [1.165, 1.54) is 19.3 Å². The largest absolute Gasteiger partial charge is 0.342 e. The van der Waals surface area contributed by atoms with E-state index in [1.807, 2.05) is 11.8 Å². The Kier molecular flexibility index (Phi) is 3.27. The van der Waals surface area contributed by atoms with E-state index in [0.717, 1.165) is 32.2 Å². The van der Waals surface area contributed by atoms with E-state index in [2.05, 4.69) is 5.32 Å². The molecule has 2 amide bonds. The molecule has 1 atom stereocenters. The molecule has 4 nitrogen and oxygen atoms in total. The van der Waals surface area contributed by atoms with Crippen LogP contribution in [0.2, 0.25) is 0 Å². The molecule has 3 aliphatic rings. The van der Waals surface area contributed by atoms with Crippen molar-refractivity contribution >= 4 is 11.8 Å². The van der Waals surface area contributed by atoms with Gasteiger partial charge >= 0.3 is 0 Å². The molecule has 0 bridgehead atoms. The van der Waals surface area contributed by atoms with Gasteiger partial charge in [-0.05, 0) is 38.5 Å². The average Bonchev–Trinajstić information content (AvgIpc) is 2.72. The van der Waals surface area contributed by atoms with E-state index in [4.69, 9.17) is 0 Å². The minimum Gasteiger partial charge on any atom is -0.342 e. The van der Waals surface area contributed by atoms with Crippen LogP contribution in [0.25, 0.3) is 0 Å². The van der Waals surface area contributed by atoms with E-state index >= 15 is 0 Å². The van der Waals surface area contributed by atoms with Crippen LogP contribution < -0.4 is 5.32 Å². The fourth-order valence-corrected chi connectivity index (χ4v) is 3.76. The average molecular weight is 264 g/mol. The Balaban J connectivity index is 1.82. The van der Waals surface area contributed by atoms with Crippen molar-refractivity contribution in [1.29, 1.82) is 0 Å². The molecule has 1 unspecified atom stereocenters. The second-order valence-corrected chi connectivity index (χ2v) is 6.64. The highest BCUT2D eigenvalue weighted by Crippen LogP contribution is 2.36. The van der Waals surface area contributed by atoms with Crippen LogP contribution in [0.15, 0.2) is 0 Å². The van der Waals surface area contributed by atoms with E-state index in [0.29, 0.717) is 12.3 Å². The first-order valence-electron chi connectivity index (χ1n) is 7.73. The van der Waals surface area contributed by atoms with Gasteiger partial charge in [-0.15, -0.1) is 0 Å². The quantitative estimate of drug-likeness (QED) is 0.827. The van der Waals surface area contributed by atoms with E-state index < -0.39 is 5.54 Å². The molecule has 1 aliphatic heterocycles. The topological polar surface area (TPSA) is 49.4 Å². The smallest absolute Gasteiger partial charge is 0.248 e. The van der Waals surface area contributed by atoms with Crippen molar-refractivity contribution in [3.63, 3.8) is 0 Å². The Morgan fingerprint density at radius 2 is 1.89 bits per heavy atom. The predicted molar refractivity (Wildman–Crippen MR) is 72.5 cm³/mol. The lowest BCUT2D eigenvalue weighted by atomic mass is 9.84. The number of hydrogen-bond donors (Lipinski definition) is 1. The normalized spacial score (nSPS) is 31.2. The highest BCUT2D eigenvalue weighted by Gasteiger charge is 2.48. The van der Waals surface area contributed by atoms with Gasteiger partial charge in [-0.2, -0.15) is 0 Å². The molecular weight excluding hydrogens is 240 g/mol. The number of carbonyl (C=O) groups is 2. The third-order valence-corrected chi connectivity index (χ3v) is 5.20. The molecular formula is C15H24N2O2.